The van der Waals surface area contributed by atoms with Crippen LogP contribution in [0.3, 0.4) is 0 Å². The van der Waals surface area contributed by atoms with Crippen molar-refractivity contribution in [1.82, 2.24) is 4.72 Å². The summed E-state index contributed by atoms with van der Waals surface area (Å²) < 4.78 is 63.4. The van der Waals surface area contributed by atoms with Crippen molar-refractivity contribution in [2.45, 2.75) is 28.6 Å². The van der Waals surface area contributed by atoms with Crippen molar-refractivity contribution in [3.05, 3.63) is 54.1 Å². The monoisotopic (exact) mass is 418 g/mol. The number of hydrogen-bond acceptors (Lipinski definition) is 4. The lowest BCUT2D eigenvalue weighted by Gasteiger charge is -2.10. The first-order valence-corrected chi connectivity index (χ1v) is 10.1. The second-order valence-electron chi connectivity index (χ2n) is 5.45. The van der Waals surface area contributed by atoms with Gasteiger partial charge in [0.2, 0.25) is 15.9 Å². The van der Waals surface area contributed by atoms with Crippen LogP contribution in [0.1, 0.15) is 12.5 Å². The van der Waals surface area contributed by atoms with Crippen LogP contribution < -0.4 is 10.0 Å². The van der Waals surface area contributed by atoms with Crippen molar-refractivity contribution in [3.8, 4) is 0 Å². The smallest absolute Gasteiger partial charge is 0.325 e. The predicted molar refractivity (Wildman–Crippen MR) is 98.0 cm³/mol. The largest absolute Gasteiger partial charge is 0.446 e. The minimum absolute atomic E-state index is 0.130. The molecule has 1 amide bonds. The topological polar surface area (TPSA) is 75.3 Å². The quantitative estimate of drug-likeness (QED) is 0.671. The van der Waals surface area contributed by atoms with Crippen LogP contribution in [0.4, 0.5) is 18.9 Å². The lowest BCUT2D eigenvalue weighted by molar-refractivity contribution is -0.115. The molecule has 5 nitrogen and oxygen atoms in total. The molecule has 0 bridgehead atoms. The Hall–Kier alpha value is -2.04. The average Bonchev–Trinajstić information content (AvgIpc) is 2.59. The van der Waals surface area contributed by atoms with Gasteiger partial charge in [-0.15, -0.1) is 0 Å². The summed E-state index contributed by atoms with van der Waals surface area (Å²) in [4.78, 5) is 11.6. The van der Waals surface area contributed by atoms with Gasteiger partial charge in [-0.2, -0.15) is 13.2 Å². The van der Waals surface area contributed by atoms with E-state index in [0.29, 0.717) is 5.69 Å². The third kappa shape index (κ3) is 6.89. The minimum Gasteiger partial charge on any atom is -0.325 e. The first-order valence-electron chi connectivity index (χ1n) is 7.83. The molecule has 2 rings (SSSR count). The summed E-state index contributed by atoms with van der Waals surface area (Å²) in [5.74, 6) is -0.559. The molecule has 2 aromatic rings. The number of amides is 1. The number of nitrogens with one attached hydrogen (secondary N) is 2. The number of halogens is 3. The number of hydrogen-bond donors (Lipinski definition) is 2. The SMILES string of the molecule is CCc1cccc(NC(=O)CNS(=O)(=O)c2ccc(SC(F)(F)F)cc2)c1. The molecule has 2 aromatic carbocycles. The maximum absolute atomic E-state index is 12.3. The first-order chi connectivity index (χ1) is 12.6. The molecule has 0 saturated heterocycles. The standard InChI is InChI=1S/C17H17F3N2O3S2/c1-2-12-4-3-5-13(10-12)22-16(23)11-21-27(24,25)15-8-6-14(7-9-15)26-17(18,19)20/h3-10,21H,2,11H2,1H3,(H,22,23). The van der Waals surface area contributed by atoms with E-state index in [1.807, 2.05) is 13.0 Å². The maximum Gasteiger partial charge on any atom is 0.446 e. The Balaban J connectivity index is 1.96. The number of anilines is 1. The second kappa shape index (κ2) is 8.77. The third-order valence-corrected chi connectivity index (χ3v) is 5.57. The maximum atomic E-state index is 12.3. The van der Waals surface area contributed by atoms with Gasteiger partial charge in [-0.3, -0.25) is 4.79 Å². The number of benzene rings is 2. The lowest BCUT2D eigenvalue weighted by Crippen LogP contribution is -2.32. The molecule has 0 unspecified atom stereocenters. The van der Waals surface area contributed by atoms with Gasteiger partial charge in [-0.1, -0.05) is 19.1 Å². The van der Waals surface area contributed by atoms with E-state index in [-0.39, 0.29) is 21.6 Å². The van der Waals surface area contributed by atoms with E-state index in [9.17, 15) is 26.4 Å². The van der Waals surface area contributed by atoms with Gasteiger partial charge in [0.1, 0.15) is 0 Å². The molecule has 0 atom stereocenters. The molecule has 0 spiro atoms. The highest BCUT2D eigenvalue weighted by atomic mass is 32.2. The summed E-state index contributed by atoms with van der Waals surface area (Å²) >= 11 is -0.337. The van der Waals surface area contributed by atoms with Gasteiger partial charge in [-0.25, -0.2) is 13.1 Å². The zero-order chi connectivity index (χ0) is 20.1. The minimum atomic E-state index is -4.45. The highest BCUT2D eigenvalue weighted by molar-refractivity contribution is 8.00. The van der Waals surface area contributed by atoms with Gasteiger partial charge < -0.3 is 5.32 Å². The van der Waals surface area contributed by atoms with Gasteiger partial charge in [-0.05, 0) is 60.1 Å². The van der Waals surface area contributed by atoms with E-state index in [2.05, 4.69) is 10.0 Å². The van der Waals surface area contributed by atoms with Crippen LogP contribution in [-0.2, 0) is 21.2 Å². The fourth-order valence-electron chi connectivity index (χ4n) is 2.14. The van der Waals surface area contributed by atoms with Crippen LogP contribution in [0.2, 0.25) is 0 Å². The molecule has 0 aliphatic carbocycles. The third-order valence-electron chi connectivity index (χ3n) is 3.41. The van der Waals surface area contributed by atoms with Gasteiger partial charge in [0.25, 0.3) is 0 Å². The van der Waals surface area contributed by atoms with E-state index >= 15 is 0 Å². The van der Waals surface area contributed by atoms with Crippen molar-refractivity contribution >= 4 is 33.4 Å². The summed E-state index contributed by atoms with van der Waals surface area (Å²) in [5.41, 5.74) is -2.89. The Bertz CT molecular complexity index is 898. The van der Waals surface area contributed by atoms with Crippen LogP contribution in [0.15, 0.2) is 58.3 Å². The van der Waals surface area contributed by atoms with Crippen molar-refractivity contribution in [3.63, 3.8) is 0 Å². The average molecular weight is 418 g/mol. The van der Waals surface area contributed by atoms with Crippen LogP contribution in [0.25, 0.3) is 0 Å². The van der Waals surface area contributed by atoms with Crippen LogP contribution in [-0.4, -0.2) is 26.4 Å². The summed E-state index contributed by atoms with van der Waals surface area (Å²) in [7, 11) is -4.02. The van der Waals surface area contributed by atoms with Crippen molar-refractivity contribution in [2.75, 3.05) is 11.9 Å². The van der Waals surface area contributed by atoms with Crippen LogP contribution in [0.5, 0.6) is 0 Å². The lowest BCUT2D eigenvalue weighted by atomic mass is 10.1. The molecule has 146 valence electrons. The van der Waals surface area contributed by atoms with E-state index < -0.39 is 28.0 Å². The summed E-state index contributed by atoms with van der Waals surface area (Å²) in [6.07, 6.45) is 0.791. The van der Waals surface area contributed by atoms with E-state index in [4.69, 9.17) is 0 Å². The molecular formula is C17H17F3N2O3S2. The predicted octanol–water partition coefficient (Wildman–Crippen LogP) is 3.78. The number of carbonyl (C=O) groups is 1. The Morgan fingerprint density at radius 2 is 1.78 bits per heavy atom. The van der Waals surface area contributed by atoms with E-state index in [1.165, 1.54) is 0 Å². The number of sulfonamides is 1. The Morgan fingerprint density at radius 3 is 2.37 bits per heavy atom. The van der Waals surface area contributed by atoms with Gasteiger partial charge >= 0.3 is 5.51 Å². The summed E-state index contributed by atoms with van der Waals surface area (Å²) in [6.45, 7) is 1.46. The molecule has 10 heteroatoms. The zero-order valence-electron chi connectivity index (χ0n) is 14.2. The van der Waals surface area contributed by atoms with Crippen LogP contribution in [0, 0.1) is 0 Å². The Kier molecular flexibility index (Phi) is 6.90. The number of alkyl halides is 3. The van der Waals surface area contributed by atoms with E-state index in [0.717, 1.165) is 36.2 Å². The van der Waals surface area contributed by atoms with Crippen molar-refractivity contribution < 1.29 is 26.4 Å². The highest BCUT2D eigenvalue weighted by Crippen LogP contribution is 2.36. The molecule has 0 aromatic heterocycles. The highest BCUT2D eigenvalue weighted by Gasteiger charge is 2.29. The molecule has 0 aliphatic rings. The second-order valence-corrected chi connectivity index (χ2v) is 8.35. The molecule has 0 radical (unpaired) electrons. The number of carbonyl (C=O) groups excluding carboxylic acids is 1. The molecule has 0 saturated carbocycles. The fraction of sp³-hybridized carbons (Fsp3) is 0.235. The molecule has 0 aliphatic heterocycles. The molecule has 0 heterocycles. The van der Waals surface area contributed by atoms with Crippen molar-refractivity contribution in [1.29, 1.82) is 0 Å². The van der Waals surface area contributed by atoms with Gasteiger partial charge in [0.15, 0.2) is 0 Å². The zero-order valence-corrected chi connectivity index (χ0v) is 15.8. The molecular weight excluding hydrogens is 401 g/mol. The first kappa shape index (κ1) is 21.3. The number of rotatable bonds is 7. The van der Waals surface area contributed by atoms with Gasteiger partial charge in [0, 0.05) is 10.6 Å². The number of thioether (sulfide) groups is 1. The molecule has 2 N–H and O–H groups in total. The summed E-state index contributed by atoms with van der Waals surface area (Å²) in [6, 6.07) is 11.4. The summed E-state index contributed by atoms with van der Waals surface area (Å²) in [5, 5.41) is 2.58. The Morgan fingerprint density at radius 1 is 1.11 bits per heavy atom. The molecule has 0 fully saturated rings. The number of aryl methyl sites for hydroxylation is 1. The van der Waals surface area contributed by atoms with E-state index in [1.54, 1.807) is 18.2 Å². The van der Waals surface area contributed by atoms with Crippen molar-refractivity contribution in [2.24, 2.45) is 0 Å². The molecule has 27 heavy (non-hydrogen) atoms. The Labute approximate surface area is 159 Å². The fourth-order valence-corrected chi connectivity index (χ4v) is 3.66. The van der Waals surface area contributed by atoms with Gasteiger partial charge in [0.05, 0.1) is 11.4 Å². The normalized spacial score (nSPS) is 12.0. The van der Waals surface area contributed by atoms with Crippen LogP contribution >= 0.6 is 11.8 Å².